The number of aromatic amines is 1. The number of H-pyrrole nitrogens is 1. The largest absolute Gasteiger partial charge is 0.573 e. The number of carbonyl (C=O) groups excluding carboxylic acids is 1. The van der Waals surface area contributed by atoms with Crippen LogP contribution in [0.2, 0.25) is 0 Å². The predicted molar refractivity (Wildman–Crippen MR) is 44.1 cm³/mol. The molecule has 0 amide bonds. The number of alkyl halides is 5. The number of aldehydes is 1. The number of carbonyl (C=O) groups is 1. The topological polar surface area (TPSA) is 59.2 Å². The van der Waals surface area contributed by atoms with Crippen molar-refractivity contribution in [1.82, 2.24) is 4.98 Å². The molecular formula is C8H4F5NO3. The van der Waals surface area contributed by atoms with Crippen LogP contribution in [0, 0.1) is 0 Å². The number of rotatable bonds is 3. The van der Waals surface area contributed by atoms with Crippen molar-refractivity contribution >= 4 is 6.29 Å². The summed E-state index contributed by atoms with van der Waals surface area (Å²) in [6.07, 6.45) is -8.60. The van der Waals surface area contributed by atoms with Crippen molar-refractivity contribution in [3.8, 4) is 5.75 Å². The molecule has 1 heterocycles. The number of hydrogen-bond donors (Lipinski definition) is 1. The van der Waals surface area contributed by atoms with Gasteiger partial charge in [-0.25, -0.2) is 8.78 Å². The van der Waals surface area contributed by atoms with Crippen LogP contribution in [0.4, 0.5) is 22.0 Å². The molecule has 0 aliphatic rings. The normalized spacial score (nSPS) is 11.6. The lowest BCUT2D eigenvalue weighted by atomic mass is 10.2. The van der Waals surface area contributed by atoms with Crippen LogP contribution in [0.1, 0.15) is 22.5 Å². The van der Waals surface area contributed by atoms with Gasteiger partial charge in [-0.1, -0.05) is 0 Å². The summed E-state index contributed by atoms with van der Waals surface area (Å²) in [5, 5.41) is 0. The van der Waals surface area contributed by atoms with E-state index in [0.717, 1.165) is 0 Å². The first-order valence-corrected chi connectivity index (χ1v) is 4.01. The molecule has 0 fully saturated rings. The molecule has 0 saturated heterocycles. The Bertz CT molecular complexity index is 479. The Labute approximate surface area is 90.0 Å². The molecule has 0 radical (unpaired) electrons. The Morgan fingerprint density at radius 2 is 1.94 bits per heavy atom. The minimum absolute atomic E-state index is 0.213. The van der Waals surface area contributed by atoms with E-state index < -0.39 is 35.4 Å². The van der Waals surface area contributed by atoms with Gasteiger partial charge in [-0.15, -0.1) is 13.2 Å². The lowest BCUT2D eigenvalue weighted by Gasteiger charge is -2.11. The van der Waals surface area contributed by atoms with Crippen molar-refractivity contribution in [3.05, 3.63) is 27.7 Å². The lowest BCUT2D eigenvalue weighted by molar-refractivity contribution is -0.274. The van der Waals surface area contributed by atoms with Gasteiger partial charge in [0.25, 0.3) is 12.0 Å². The molecule has 17 heavy (non-hydrogen) atoms. The molecule has 9 heteroatoms. The van der Waals surface area contributed by atoms with Gasteiger partial charge >= 0.3 is 6.36 Å². The fourth-order valence-electron chi connectivity index (χ4n) is 1.00. The number of nitrogens with one attached hydrogen (secondary N) is 1. The molecule has 94 valence electrons. The first-order chi connectivity index (χ1) is 7.74. The minimum Gasteiger partial charge on any atom is -0.405 e. The Kier molecular flexibility index (Phi) is 3.49. The highest BCUT2D eigenvalue weighted by atomic mass is 19.4. The first kappa shape index (κ1) is 13.1. The molecule has 0 spiro atoms. The molecule has 0 aliphatic carbocycles. The molecule has 0 aliphatic heterocycles. The lowest BCUT2D eigenvalue weighted by Crippen LogP contribution is -2.23. The number of ether oxygens (including phenoxy) is 1. The molecule has 0 bridgehead atoms. The summed E-state index contributed by atoms with van der Waals surface area (Å²) in [5.41, 5.74) is -3.45. The zero-order chi connectivity index (χ0) is 13.2. The second-order valence-electron chi connectivity index (χ2n) is 2.80. The monoisotopic (exact) mass is 257 g/mol. The zero-order valence-electron chi connectivity index (χ0n) is 7.85. The Morgan fingerprint density at radius 1 is 1.35 bits per heavy atom. The van der Waals surface area contributed by atoms with Gasteiger partial charge in [-0.2, -0.15) is 0 Å². The van der Waals surface area contributed by atoms with Crippen molar-refractivity contribution in [2.45, 2.75) is 12.8 Å². The summed E-state index contributed by atoms with van der Waals surface area (Å²) in [7, 11) is 0. The van der Waals surface area contributed by atoms with E-state index in [9.17, 15) is 31.5 Å². The molecule has 1 rings (SSSR count). The summed E-state index contributed by atoms with van der Waals surface area (Å²) >= 11 is 0. The van der Waals surface area contributed by atoms with Crippen molar-refractivity contribution in [3.63, 3.8) is 0 Å². The van der Waals surface area contributed by atoms with E-state index in [4.69, 9.17) is 0 Å². The van der Waals surface area contributed by atoms with Crippen LogP contribution in [0.3, 0.4) is 0 Å². The van der Waals surface area contributed by atoms with Crippen LogP contribution >= 0.6 is 0 Å². The average molecular weight is 257 g/mol. The number of hydrogen-bond acceptors (Lipinski definition) is 3. The molecule has 0 unspecified atom stereocenters. The highest BCUT2D eigenvalue weighted by Gasteiger charge is 2.33. The van der Waals surface area contributed by atoms with E-state index in [0.29, 0.717) is 0 Å². The second kappa shape index (κ2) is 4.52. The standard InChI is InChI=1S/C8H4F5NO3/c9-6(10)4-1-5(17-8(11,12)13)3(2-15)7(16)14-4/h1-2,6H,(H,14,16). The van der Waals surface area contributed by atoms with E-state index >= 15 is 0 Å². The number of aromatic nitrogens is 1. The SMILES string of the molecule is O=Cc1c(OC(F)(F)F)cc(C(F)F)[nH]c1=O. The number of pyridine rings is 1. The van der Waals surface area contributed by atoms with Crippen molar-refractivity contribution in [1.29, 1.82) is 0 Å². The van der Waals surface area contributed by atoms with Gasteiger partial charge < -0.3 is 9.72 Å². The van der Waals surface area contributed by atoms with Crippen LogP contribution in [0.25, 0.3) is 0 Å². The molecule has 4 nitrogen and oxygen atoms in total. The first-order valence-electron chi connectivity index (χ1n) is 4.01. The second-order valence-corrected chi connectivity index (χ2v) is 2.80. The van der Waals surface area contributed by atoms with Crippen LogP contribution in [0.5, 0.6) is 5.75 Å². The van der Waals surface area contributed by atoms with Crippen LogP contribution < -0.4 is 10.3 Å². The highest BCUT2D eigenvalue weighted by molar-refractivity contribution is 5.78. The van der Waals surface area contributed by atoms with Crippen LogP contribution in [-0.2, 0) is 0 Å². The molecular weight excluding hydrogens is 253 g/mol. The van der Waals surface area contributed by atoms with Gasteiger partial charge in [-0.3, -0.25) is 9.59 Å². The van der Waals surface area contributed by atoms with E-state index in [2.05, 4.69) is 4.74 Å². The van der Waals surface area contributed by atoms with Gasteiger partial charge in [0, 0.05) is 6.07 Å². The molecule has 0 saturated carbocycles. The summed E-state index contributed by atoms with van der Waals surface area (Å²) < 4.78 is 63.4. The summed E-state index contributed by atoms with van der Waals surface area (Å²) in [4.78, 5) is 22.9. The Morgan fingerprint density at radius 3 is 2.35 bits per heavy atom. The fraction of sp³-hybridized carbons (Fsp3) is 0.250. The van der Waals surface area contributed by atoms with Crippen molar-refractivity contribution < 1.29 is 31.5 Å². The molecule has 1 N–H and O–H groups in total. The summed E-state index contributed by atoms with van der Waals surface area (Å²) in [5.74, 6) is -1.26. The van der Waals surface area contributed by atoms with E-state index in [1.165, 1.54) is 0 Å². The smallest absolute Gasteiger partial charge is 0.405 e. The van der Waals surface area contributed by atoms with Crippen LogP contribution in [-0.4, -0.2) is 17.6 Å². The fourth-order valence-corrected chi connectivity index (χ4v) is 1.00. The molecule has 1 aromatic rings. The van der Waals surface area contributed by atoms with E-state index in [-0.39, 0.29) is 12.4 Å². The molecule has 0 aromatic carbocycles. The molecule has 1 aromatic heterocycles. The van der Waals surface area contributed by atoms with E-state index in [1.54, 1.807) is 4.98 Å². The number of halogens is 5. The summed E-state index contributed by atoms with van der Waals surface area (Å²) in [6, 6.07) is 0.253. The van der Waals surface area contributed by atoms with Crippen LogP contribution in [0.15, 0.2) is 10.9 Å². The predicted octanol–water partition coefficient (Wildman–Crippen LogP) is 2.02. The maximum atomic E-state index is 12.2. The minimum atomic E-state index is -5.19. The zero-order valence-corrected chi connectivity index (χ0v) is 7.85. The highest BCUT2D eigenvalue weighted by Crippen LogP contribution is 2.26. The Hall–Kier alpha value is -1.93. The van der Waals surface area contributed by atoms with Gasteiger partial charge in [-0.05, 0) is 0 Å². The average Bonchev–Trinajstić information content (AvgIpc) is 2.14. The quantitative estimate of drug-likeness (QED) is 0.665. The van der Waals surface area contributed by atoms with Gasteiger partial charge in [0.05, 0.1) is 5.69 Å². The molecule has 0 atom stereocenters. The van der Waals surface area contributed by atoms with Crippen molar-refractivity contribution in [2.75, 3.05) is 0 Å². The van der Waals surface area contributed by atoms with Gasteiger partial charge in [0.1, 0.15) is 11.3 Å². The third-order valence-corrected chi connectivity index (χ3v) is 1.63. The van der Waals surface area contributed by atoms with Crippen molar-refractivity contribution in [2.24, 2.45) is 0 Å². The summed E-state index contributed by atoms with van der Waals surface area (Å²) in [6.45, 7) is 0. The Balaban J connectivity index is 3.34. The van der Waals surface area contributed by atoms with Gasteiger partial charge in [0.2, 0.25) is 0 Å². The third kappa shape index (κ3) is 3.26. The third-order valence-electron chi connectivity index (χ3n) is 1.63. The maximum Gasteiger partial charge on any atom is 0.573 e. The van der Waals surface area contributed by atoms with E-state index in [1.807, 2.05) is 0 Å². The maximum absolute atomic E-state index is 12.2. The van der Waals surface area contributed by atoms with Gasteiger partial charge in [0.15, 0.2) is 6.29 Å².